The average Bonchev–Trinajstić information content (AvgIpc) is 3.13. The predicted octanol–water partition coefficient (Wildman–Crippen LogP) is 4.06. The molecule has 0 aromatic heterocycles. The number of fused-ring (bicyclic) bond motifs is 1. The first-order valence-corrected chi connectivity index (χ1v) is 13.7. The lowest BCUT2D eigenvalue weighted by Crippen LogP contribution is -2.43. The van der Waals surface area contributed by atoms with Crippen LogP contribution in [0.25, 0.3) is 10.8 Å². The minimum absolute atomic E-state index is 0.175. The van der Waals surface area contributed by atoms with Crippen molar-refractivity contribution in [3.8, 4) is 5.75 Å². The number of aromatic hydroxyl groups is 1. The number of anilines is 1. The molecule has 7 nitrogen and oxygen atoms in total. The van der Waals surface area contributed by atoms with Gasteiger partial charge in [0.05, 0.1) is 0 Å². The van der Waals surface area contributed by atoms with Crippen LogP contribution in [0.3, 0.4) is 0 Å². The van der Waals surface area contributed by atoms with E-state index < -0.39 is 39.9 Å². The Hall–Kier alpha value is -2.39. The maximum absolute atomic E-state index is 15.8. The van der Waals surface area contributed by atoms with Crippen LogP contribution in [0.15, 0.2) is 24.3 Å². The number of benzene rings is 2. The van der Waals surface area contributed by atoms with Gasteiger partial charge < -0.3 is 10.4 Å². The van der Waals surface area contributed by atoms with E-state index in [-0.39, 0.29) is 16.7 Å². The number of rotatable bonds is 2. The lowest BCUT2D eigenvalue weighted by molar-refractivity contribution is -0.117. The van der Waals surface area contributed by atoms with E-state index in [0.717, 1.165) is 25.1 Å². The molecular weight excluding hydrogens is 457 g/mol. The van der Waals surface area contributed by atoms with Crippen LogP contribution in [0.1, 0.15) is 69.3 Å². The van der Waals surface area contributed by atoms with Gasteiger partial charge in [-0.05, 0) is 54.3 Å². The maximum atomic E-state index is 15.8. The molecule has 9 heteroatoms. The molecule has 5 rings (SSSR count). The molecule has 34 heavy (non-hydrogen) atoms. The van der Waals surface area contributed by atoms with Crippen LogP contribution in [-0.4, -0.2) is 39.1 Å². The minimum atomic E-state index is -4.24. The lowest BCUT2D eigenvalue weighted by Gasteiger charge is -2.45. The molecule has 1 saturated carbocycles. The van der Waals surface area contributed by atoms with Gasteiger partial charge in [0.1, 0.15) is 18.0 Å². The zero-order valence-corrected chi connectivity index (χ0v) is 20.1. The number of phenols is 1. The zero-order valence-electron chi connectivity index (χ0n) is 19.3. The van der Waals surface area contributed by atoms with E-state index in [0.29, 0.717) is 9.69 Å². The fourth-order valence-electron chi connectivity index (χ4n) is 6.28. The van der Waals surface area contributed by atoms with Gasteiger partial charge in [-0.1, -0.05) is 50.7 Å². The Morgan fingerprint density at radius 3 is 2.41 bits per heavy atom. The van der Waals surface area contributed by atoms with Gasteiger partial charge in [-0.15, -0.1) is 0 Å². The Kier molecular flexibility index (Phi) is 6.18. The molecule has 3 fully saturated rings. The molecule has 2 saturated heterocycles. The Balaban J connectivity index is 1.58. The number of hydrogen-bond donors (Lipinski definition) is 3. The molecule has 2 heterocycles. The molecule has 0 bridgehead atoms. The summed E-state index contributed by atoms with van der Waals surface area (Å²) in [7, 11) is -4.24. The van der Waals surface area contributed by atoms with Crippen LogP contribution in [0, 0.1) is 11.2 Å². The van der Waals surface area contributed by atoms with Crippen molar-refractivity contribution in [3.63, 3.8) is 0 Å². The van der Waals surface area contributed by atoms with E-state index in [2.05, 4.69) is 5.32 Å². The van der Waals surface area contributed by atoms with Crippen molar-refractivity contribution < 1.29 is 22.7 Å². The number of carbonyl (C=O) groups excluding carboxylic acids is 1. The third kappa shape index (κ3) is 4.13. The molecule has 2 aromatic carbocycles. The fourth-order valence-corrected chi connectivity index (χ4v) is 7.44. The van der Waals surface area contributed by atoms with Gasteiger partial charge in [0.25, 0.3) is 5.91 Å². The highest BCUT2D eigenvalue weighted by atomic mass is 32.2. The summed E-state index contributed by atoms with van der Waals surface area (Å²) in [5, 5.41) is 14.8. The number of amides is 1. The lowest BCUT2D eigenvalue weighted by atomic mass is 9.63. The van der Waals surface area contributed by atoms with Crippen molar-refractivity contribution in [1.29, 1.82) is 0 Å². The van der Waals surface area contributed by atoms with E-state index in [1.165, 1.54) is 57.4 Å². The van der Waals surface area contributed by atoms with Crippen molar-refractivity contribution in [2.45, 2.75) is 63.7 Å². The minimum Gasteiger partial charge on any atom is -0.506 e. The molecule has 0 radical (unpaired) electrons. The van der Waals surface area contributed by atoms with Gasteiger partial charge in [-0.3, -0.25) is 4.79 Å². The molecule has 2 aliphatic heterocycles. The topological polar surface area (TPSA) is 98.7 Å². The molecule has 2 aromatic rings. The monoisotopic (exact) mass is 489 g/mol. The quantitative estimate of drug-likeness (QED) is 0.591. The smallest absolute Gasteiger partial charge is 0.326 e. The summed E-state index contributed by atoms with van der Waals surface area (Å²) in [4.78, 5) is 11.7. The maximum Gasteiger partial charge on any atom is 0.326 e. The molecule has 1 amide bonds. The molecule has 3 aliphatic rings. The second-order valence-corrected chi connectivity index (χ2v) is 11.7. The van der Waals surface area contributed by atoms with E-state index >= 15 is 4.39 Å². The van der Waals surface area contributed by atoms with Crippen molar-refractivity contribution >= 4 is 32.6 Å². The zero-order chi connectivity index (χ0) is 23.9. The third-order valence-electron chi connectivity index (χ3n) is 8.02. The highest BCUT2D eigenvalue weighted by molar-refractivity contribution is 7.92. The number of hydrogen-bond acceptors (Lipinski definition) is 5. The van der Waals surface area contributed by atoms with E-state index in [9.17, 15) is 18.3 Å². The first-order chi connectivity index (χ1) is 16.3. The van der Waals surface area contributed by atoms with Crippen molar-refractivity contribution in [1.82, 2.24) is 10.0 Å². The van der Waals surface area contributed by atoms with E-state index in [1.54, 1.807) is 6.07 Å². The Bertz CT molecular complexity index is 1210. The normalized spacial score (nSPS) is 25.0. The Labute approximate surface area is 199 Å². The summed E-state index contributed by atoms with van der Waals surface area (Å²) >= 11 is 0. The second kappa shape index (κ2) is 9.00. The number of halogens is 1. The van der Waals surface area contributed by atoms with Crippen LogP contribution in [-0.2, 0) is 15.0 Å². The summed E-state index contributed by atoms with van der Waals surface area (Å²) in [6, 6.07) is 7.00. The number of piperidine rings is 1. The second-order valence-electron chi connectivity index (χ2n) is 10.1. The van der Waals surface area contributed by atoms with Crippen molar-refractivity contribution in [2.75, 3.05) is 23.9 Å². The van der Waals surface area contributed by atoms with Gasteiger partial charge >= 0.3 is 10.2 Å². The SMILES string of the molecule is O=C1CN(c2c(O)cc3ccc(C4CNCCC45CCCCCCCC5)cc3c2F)S(=O)(=O)N1. The Morgan fingerprint density at radius 2 is 1.74 bits per heavy atom. The molecule has 1 unspecified atom stereocenters. The number of nitrogens with one attached hydrogen (secondary N) is 2. The third-order valence-corrected chi connectivity index (χ3v) is 9.39. The number of carbonyl (C=O) groups is 1. The van der Waals surface area contributed by atoms with Gasteiger partial charge in [0, 0.05) is 17.8 Å². The van der Waals surface area contributed by atoms with Crippen LogP contribution in [0.2, 0.25) is 0 Å². The van der Waals surface area contributed by atoms with Crippen molar-refractivity contribution in [2.24, 2.45) is 5.41 Å². The fraction of sp³-hybridized carbons (Fsp3) is 0.560. The molecular formula is C25H32FN3O4S. The van der Waals surface area contributed by atoms with Crippen molar-refractivity contribution in [3.05, 3.63) is 35.6 Å². The average molecular weight is 490 g/mol. The standard InChI is InChI=1S/C25H32FN3O4S/c26-23-19-13-18(20-15-27-12-11-25(20)9-5-3-1-2-4-6-10-25)8-7-17(19)14-21(30)24(23)29-16-22(31)28-34(29,32)33/h7-8,13-14,20,27,30H,1-6,9-12,15-16H2,(H,28,31). The first-order valence-electron chi connectivity index (χ1n) is 12.3. The highest BCUT2D eigenvalue weighted by Gasteiger charge is 2.41. The number of nitrogens with zero attached hydrogens (tertiary/aromatic N) is 1. The molecule has 184 valence electrons. The van der Waals surface area contributed by atoms with Crippen LogP contribution in [0.5, 0.6) is 5.75 Å². The van der Waals surface area contributed by atoms with Crippen LogP contribution in [0.4, 0.5) is 10.1 Å². The molecule has 3 N–H and O–H groups in total. The van der Waals surface area contributed by atoms with Gasteiger partial charge in [-0.2, -0.15) is 8.42 Å². The molecule has 1 spiro atoms. The number of phenolic OH excluding ortho intramolecular Hbond substituents is 1. The summed E-state index contributed by atoms with van der Waals surface area (Å²) in [6.07, 6.45) is 11.0. The summed E-state index contributed by atoms with van der Waals surface area (Å²) in [5.41, 5.74) is 0.726. The van der Waals surface area contributed by atoms with E-state index in [4.69, 9.17) is 0 Å². The van der Waals surface area contributed by atoms with E-state index in [1.807, 2.05) is 16.9 Å². The van der Waals surface area contributed by atoms with Gasteiger partial charge in [0.15, 0.2) is 5.82 Å². The largest absolute Gasteiger partial charge is 0.506 e. The Morgan fingerprint density at radius 1 is 1.03 bits per heavy atom. The summed E-state index contributed by atoms with van der Waals surface area (Å²) < 4.78 is 42.9. The van der Waals surface area contributed by atoms with Crippen LogP contribution >= 0.6 is 0 Å². The van der Waals surface area contributed by atoms with Gasteiger partial charge in [-0.25, -0.2) is 13.4 Å². The first kappa shape index (κ1) is 23.4. The predicted molar refractivity (Wildman–Crippen MR) is 130 cm³/mol. The summed E-state index contributed by atoms with van der Waals surface area (Å²) in [5.74, 6) is -1.86. The highest BCUT2D eigenvalue weighted by Crippen LogP contribution is 2.50. The van der Waals surface area contributed by atoms with Crippen LogP contribution < -0.4 is 14.3 Å². The summed E-state index contributed by atoms with van der Waals surface area (Å²) in [6.45, 7) is 1.26. The molecule has 1 atom stereocenters. The van der Waals surface area contributed by atoms with Gasteiger partial charge in [0.2, 0.25) is 0 Å². The molecule has 1 aliphatic carbocycles.